The Kier molecular flexibility index (Phi) is 9.59. The molecule has 10 radical (unpaired) electrons. The van der Waals surface area contributed by atoms with Crippen molar-refractivity contribution in [3.8, 4) is 0 Å². The summed E-state index contributed by atoms with van der Waals surface area (Å²) in [5, 5.41) is 0. The third-order valence-corrected chi connectivity index (χ3v) is 4.13. The van der Waals surface area contributed by atoms with Crippen LogP contribution >= 0.6 is 17.2 Å². The van der Waals surface area contributed by atoms with Crippen molar-refractivity contribution in [2.75, 3.05) is 0 Å². The van der Waals surface area contributed by atoms with E-state index in [9.17, 15) is 0 Å². The van der Waals surface area contributed by atoms with Crippen molar-refractivity contribution >= 4 is 17.2 Å². The first-order chi connectivity index (χ1) is 5.80. The average molecular weight is 250 g/mol. The van der Waals surface area contributed by atoms with Gasteiger partial charge in [0.1, 0.15) is 0 Å². The van der Waals surface area contributed by atoms with Crippen LogP contribution in [0.5, 0.6) is 0 Å². The van der Waals surface area contributed by atoms with Crippen LogP contribution in [0.4, 0.5) is 0 Å². The van der Waals surface area contributed by atoms with Crippen molar-refractivity contribution in [2.45, 2.75) is 13.8 Å². The zero-order valence-electron chi connectivity index (χ0n) is 7.71. The fraction of sp³-hybridized carbons (Fsp3) is 0.200. The molecule has 0 bridgehead atoms. The summed E-state index contributed by atoms with van der Waals surface area (Å²) in [6.07, 6.45) is 10.0. The third kappa shape index (κ3) is 6.46. The molecule has 0 atom stereocenters. The molecule has 0 aromatic heterocycles. The first kappa shape index (κ1) is 14.4. The van der Waals surface area contributed by atoms with Crippen LogP contribution in [0.2, 0.25) is 0 Å². The summed E-state index contributed by atoms with van der Waals surface area (Å²) >= 11 is 0. The Morgan fingerprint density at radius 3 is 1.23 bits per heavy atom. The quantitative estimate of drug-likeness (QED) is 0.447. The first-order valence-electron chi connectivity index (χ1n) is 3.88. The molecular weight excluding hydrogens is 238 g/mol. The summed E-state index contributed by atoms with van der Waals surface area (Å²) in [6.45, 7) is 4.38. The molecule has 70 valence electrons. The number of hydrogen-bond acceptors (Lipinski definition) is 0. The molecule has 0 aromatic rings. The van der Waals surface area contributed by atoms with Crippen LogP contribution in [0, 0.1) is 49.3 Å². The van der Waals surface area contributed by atoms with Gasteiger partial charge in [-0.1, -0.05) is 31.0 Å². The van der Waals surface area contributed by atoms with Crippen molar-refractivity contribution in [2.24, 2.45) is 0 Å². The van der Waals surface area contributed by atoms with Gasteiger partial charge in [0, 0.05) is 34.3 Å². The number of rotatable bonds is 0. The summed E-state index contributed by atoms with van der Waals surface area (Å²) in [6, 6.07) is 0. The molecule has 0 N–H and O–H groups in total. The maximum atomic E-state index is 2.27. The van der Waals surface area contributed by atoms with Crippen molar-refractivity contribution in [3.05, 3.63) is 49.3 Å². The summed E-state index contributed by atoms with van der Waals surface area (Å²) < 4.78 is 0. The van der Waals surface area contributed by atoms with Gasteiger partial charge < -0.3 is 0 Å². The van der Waals surface area contributed by atoms with Crippen molar-refractivity contribution in [3.63, 3.8) is 0 Å². The van der Waals surface area contributed by atoms with Gasteiger partial charge in [-0.3, -0.25) is 0 Å². The van der Waals surface area contributed by atoms with Crippen molar-refractivity contribution < 1.29 is 17.1 Å². The Hall–Kier alpha value is 1.38. The molecule has 1 saturated heterocycles. The zero-order valence-corrected chi connectivity index (χ0v) is 10.6. The molecule has 13 heavy (non-hydrogen) atoms. The van der Waals surface area contributed by atoms with E-state index in [-0.39, 0.29) is 17.1 Å². The van der Waals surface area contributed by atoms with Crippen molar-refractivity contribution in [1.29, 1.82) is 0 Å². The van der Waals surface area contributed by atoms with E-state index in [2.05, 4.69) is 19.8 Å². The molecule has 2 fully saturated rings. The van der Waals surface area contributed by atoms with Gasteiger partial charge in [-0.2, -0.15) is 0 Å². The SMILES string of the molecule is C[C]1[P][CH][P][C]1C.[CH]1[CH][CH][CH][CH]1.[Fe]. The van der Waals surface area contributed by atoms with Gasteiger partial charge in [-0.15, -0.1) is 0 Å². The van der Waals surface area contributed by atoms with Gasteiger partial charge in [0.05, 0.1) is 0 Å². The molecule has 0 aromatic carbocycles. The van der Waals surface area contributed by atoms with Crippen LogP contribution < -0.4 is 0 Å². The summed E-state index contributed by atoms with van der Waals surface area (Å²) in [5.41, 5.74) is 3.06. The van der Waals surface area contributed by atoms with Crippen LogP contribution in [0.15, 0.2) is 0 Å². The minimum Gasteiger partial charge on any atom is -0.0628 e. The Bertz CT molecular complexity index is 99.9. The van der Waals surface area contributed by atoms with Crippen LogP contribution in [0.3, 0.4) is 0 Å². The maximum Gasteiger partial charge on any atom is 0.0197 e. The molecule has 0 amide bonds. The van der Waals surface area contributed by atoms with E-state index in [0.29, 0.717) is 0 Å². The second kappa shape index (κ2) is 8.67. The molecular formula is C10H12FeP2. The smallest absolute Gasteiger partial charge is 0.0197 e. The van der Waals surface area contributed by atoms with E-state index in [1.165, 1.54) is 28.5 Å². The first-order valence-corrected chi connectivity index (χ1v) is 5.81. The predicted molar refractivity (Wildman–Crippen MR) is 57.5 cm³/mol. The van der Waals surface area contributed by atoms with Crippen LogP contribution in [-0.4, -0.2) is 0 Å². The zero-order chi connectivity index (χ0) is 8.81. The molecule has 1 aliphatic carbocycles. The van der Waals surface area contributed by atoms with Crippen LogP contribution in [-0.2, 0) is 17.1 Å². The fourth-order valence-electron chi connectivity index (χ4n) is 0.710. The maximum absolute atomic E-state index is 2.27. The van der Waals surface area contributed by atoms with E-state index in [1.54, 1.807) is 0 Å². The van der Waals surface area contributed by atoms with Gasteiger partial charge in [-0.05, 0) is 32.1 Å². The van der Waals surface area contributed by atoms with Gasteiger partial charge in [0.2, 0.25) is 0 Å². The molecule has 1 aliphatic heterocycles. The fourth-order valence-corrected chi connectivity index (χ4v) is 3.05. The molecule has 3 heteroatoms. The second-order valence-corrected chi connectivity index (χ2v) is 5.29. The minimum absolute atomic E-state index is 0. The van der Waals surface area contributed by atoms with E-state index in [4.69, 9.17) is 0 Å². The molecule has 1 saturated carbocycles. The number of hydrogen-bond donors (Lipinski definition) is 0. The van der Waals surface area contributed by atoms with E-state index < -0.39 is 0 Å². The molecule has 0 nitrogen and oxygen atoms in total. The van der Waals surface area contributed by atoms with Gasteiger partial charge in [0.25, 0.3) is 0 Å². The Labute approximate surface area is 97.4 Å². The molecule has 1 heterocycles. The van der Waals surface area contributed by atoms with Gasteiger partial charge >= 0.3 is 0 Å². The normalized spacial score (nSPS) is 27.2. The largest absolute Gasteiger partial charge is 0.0628 e. The molecule has 2 aliphatic rings. The van der Waals surface area contributed by atoms with Gasteiger partial charge in [-0.25, -0.2) is 0 Å². The van der Waals surface area contributed by atoms with E-state index in [0.717, 1.165) is 0 Å². The summed E-state index contributed by atoms with van der Waals surface area (Å²) in [7, 11) is 2.85. The van der Waals surface area contributed by atoms with Crippen LogP contribution in [0.25, 0.3) is 0 Å². The van der Waals surface area contributed by atoms with Crippen molar-refractivity contribution in [1.82, 2.24) is 0 Å². The minimum atomic E-state index is 0. The van der Waals surface area contributed by atoms with E-state index >= 15 is 0 Å². The Balaban J connectivity index is 0.000000215. The molecule has 0 spiro atoms. The topological polar surface area (TPSA) is 0 Å². The Morgan fingerprint density at radius 1 is 0.769 bits per heavy atom. The second-order valence-electron chi connectivity index (χ2n) is 2.51. The molecule has 2 rings (SSSR count). The Morgan fingerprint density at radius 2 is 1.08 bits per heavy atom. The molecule has 0 unspecified atom stereocenters. The monoisotopic (exact) mass is 250 g/mol. The van der Waals surface area contributed by atoms with Crippen LogP contribution in [0.1, 0.15) is 13.8 Å². The summed E-state index contributed by atoms with van der Waals surface area (Å²) in [5.74, 6) is 2.27. The summed E-state index contributed by atoms with van der Waals surface area (Å²) in [4.78, 5) is 0. The van der Waals surface area contributed by atoms with Gasteiger partial charge in [0.15, 0.2) is 0 Å². The van der Waals surface area contributed by atoms with E-state index in [1.807, 2.05) is 32.1 Å². The third-order valence-electron chi connectivity index (χ3n) is 1.58. The standard InChI is InChI=1S/C5H7P2.C5H5.Fe/c1-4-5(2)7-3-6-4;1-2-4-5-3-1;/h3H,1-2H3;1-5H;. The predicted octanol–water partition coefficient (Wildman–Crippen LogP) is 4.13. The average Bonchev–Trinajstić information content (AvgIpc) is 2.67.